The Kier molecular flexibility index (Phi) is 4.09. The topological polar surface area (TPSA) is 116 Å². The minimum Gasteiger partial charge on any atom is -0.324 e. The Bertz CT molecular complexity index is 1250. The van der Waals surface area contributed by atoms with Gasteiger partial charge in [0.25, 0.3) is 0 Å². The molecule has 0 aliphatic rings. The number of aryl methyl sites for hydroxylation is 1. The molecule has 136 valence electrons. The third kappa shape index (κ3) is 3.37. The number of para-hydroxylation sites is 2. The molecule has 0 saturated heterocycles. The van der Waals surface area contributed by atoms with Crippen molar-refractivity contribution in [3.05, 3.63) is 66.6 Å². The quantitative estimate of drug-likeness (QED) is 0.562. The lowest BCUT2D eigenvalue weighted by Crippen LogP contribution is -2.12. The Labute approximate surface area is 155 Å². The van der Waals surface area contributed by atoms with Crippen LogP contribution < -0.4 is 10.5 Å². The van der Waals surface area contributed by atoms with Crippen LogP contribution in [-0.4, -0.2) is 27.9 Å². The second kappa shape index (κ2) is 6.45. The summed E-state index contributed by atoms with van der Waals surface area (Å²) in [7, 11) is -3.78. The van der Waals surface area contributed by atoms with Crippen LogP contribution in [0.2, 0.25) is 0 Å². The minimum atomic E-state index is -3.78. The molecule has 0 unspecified atom stereocenters. The van der Waals surface area contributed by atoms with Crippen LogP contribution >= 0.6 is 0 Å². The molecule has 2 aromatic heterocycles. The highest BCUT2D eigenvalue weighted by atomic mass is 32.2. The molecule has 0 spiro atoms. The number of anilines is 2. The zero-order valence-electron chi connectivity index (χ0n) is 14.4. The number of fused-ring (bicyclic) bond motifs is 1. The molecule has 0 radical (unpaired) electrons. The van der Waals surface area contributed by atoms with E-state index in [1.807, 2.05) is 35.8 Å². The summed E-state index contributed by atoms with van der Waals surface area (Å²) in [5, 5.41) is 8.19. The van der Waals surface area contributed by atoms with Crippen LogP contribution in [0.3, 0.4) is 0 Å². The van der Waals surface area contributed by atoms with Gasteiger partial charge in [0, 0.05) is 11.9 Å². The Morgan fingerprint density at radius 2 is 1.85 bits per heavy atom. The summed E-state index contributed by atoms with van der Waals surface area (Å²) in [6, 6.07) is 15.7. The third-order valence-corrected chi connectivity index (χ3v) is 4.93. The predicted octanol–water partition coefficient (Wildman–Crippen LogP) is 2.51. The molecule has 0 aliphatic heterocycles. The second-order valence-corrected chi connectivity index (χ2v) is 7.48. The number of hydrogen-bond acceptors (Lipinski definition) is 6. The molecule has 2 heterocycles. The van der Waals surface area contributed by atoms with Gasteiger partial charge in [0.05, 0.1) is 15.9 Å². The lowest BCUT2D eigenvalue weighted by Gasteiger charge is -2.09. The summed E-state index contributed by atoms with van der Waals surface area (Å²) in [6.07, 6.45) is 1.63. The number of aromatic nitrogens is 4. The number of benzene rings is 2. The molecule has 0 fully saturated rings. The molecular weight excluding hydrogens is 364 g/mol. The first-order valence-corrected chi connectivity index (χ1v) is 9.64. The Morgan fingerprint density at radius 3 is 2.67 bits per heavy atom. The van der Waals surface area contributed by atoms with Crippen molar-refractivity contribution in [1.29, 1.82) is 0 Å². The van der Waals surface area contributed by atoms with Crippen LogP contribution in [0.4, 0.5) is 11.6 Å². The maximum atomic E-state index is 11.5. The van der Waals surface area contributed by atoms with E-state index >= 15 is 0 Å². The molecule has 0 atom stereocenters. The van der Waals surface area contributed by atoms with E-state index in [1.165, 1.54) is 12.1 Å². The zero-order valence-corrected chi connectivity index (χ0v) is 15.2. The normalized spacial score (nSPS) is 11.6. The van der Waals surface area contributed by atoms with E-state index < -0.39 is 10.0 Å². The number of rotatable bonds is 4. The molecule has 0 saturated carbocycles. The number of nitrogens with one attached hydrogen (secondary N) is 1. The maximum absolute atomic E-state index is 11.5. The number of hydrogen-bond donors (Lipinski definition) is 2. The summed E-state index contributed by atoms with van der Waals surface area (Å²) in [5.74, 6) is 1.79. The largest absolute Gasteiger partial charge is 0.324 e. The summed E-state index contributed by atoms with van der Waals surface area (Å²) < 4.78 is 25.0. The molecule has 27 heavy (non-hydrogen) atoms. The Hall–Kier alpha value is -3.30. The van der Waals surface area contributed by atoms with Crippen molar-refractivity contribution < 1.29 is 8.42 Å². The van der Waals surface area contributed by atoms with E-state index in [2.05, 4.69) is 20.3 Å². The number of sulfonamides is 1. The van der Waals surface area contributed by atoms with Crippen LogP contribution in [0, 0.1) is 6.92 Å². The summed E-state index contributed by atoms with van der Waals surface area (Å²) >= 11 is 0. The van der Waals surface area contributed by atoms with Gasteiger partial charge in [0.1, 0.15) is 11.6 Å². The Balaban J connectivity index is 1.72. The molecule has 4 aromatic rings. The lowest BCUT2D eigenvalue weighted by atomic mass is 10.3. The monoisotopic (exact) mass is 380 g/mol. The molecule has 0 amide bonds. The fourth-order valence-corrected chi connectivity index (χ4v) is 3.41. The standard InChI is InChI=1S/C18H16N6O2S/c1-12-21-15-7-2-3-8-16(15)24(12)17-9-10-20-18(23-17)22-13-5-4-6-14(11-13)27(19,25)26/h2-11H,1H3,(H2,19,25,26)(H,20,22,23). The highest BCUT2D eigenvalue weighted by molar-refractivity contribution is 7.89. The van der Waals surface area contributed by atoms with Crippen LogP contribution in [-0.2, 0) is 10.0 Å². The Morgan fingerprint density at radius 1 is 1.04 bits per heavy atom. The maximum Gasteiger partial charge on any atom is 0.238 e. The van der Waals surface area contributed by atoms with E-state index in [1.54, 1.807) is 24.4 Å². The van der Waals surface area contributed by atoms with E-state index in [0.29, 0.717) is 17.5 Å². The van der Waals surface area contributed by atoms with E-state index in [0.717, 1.165) is 16.9 Å². The van der Waals surface area contributed by atoms with Gasteiger partial charge >= 0.3 is 0 Å². The first-order chi connectivity index (χ1) is 12.9. The first-order valence-electron chi connectivity index (χ1n) is 8.09. The van der Waals surface area contributed by atoms with Gasteiger partial charge < -0.3 is 5.32 Å². The molecular formula is C18H16N6O2S. The fraction of sp³-hybridized carbons (Fsp3) is 0.0556. The van der Waals surface area contributed by atoms with E-state index in [9.17, 15) is 8.42 Å². The van der Waals surface area contributed by atoms with Crippen LogP contribution in [0.25, 0.3) is 16.9 Å². The van der Waals surface area contributed by atoms with Crippen molar-refractivity contribution in [1.82, 2.24) is 19.5 Å². The second-order valence-electron chi connectivity index (χ2n) is 5.92. The highest BCUT2D eigenvalue weighted by Gasteiger charge is 2.12. The zero-order chi connectivity index (χ0) is 19.0. The average Bonchev–Trinajstić information content (AvgIpc) is 2.97. The van der Waals surface area contributed by atoms with Gasteiger partial charge in [-0.25, -0.2) is 23.5 Å². The minimum absolute atomic E-state index is 0.0140. The van der Waals surface area contributed by atoms with Gasteiger partial charge in [-0.05, 0) is 43.3 Å². The van der Waals surface area contributed by atoms with E-state index in [-0.39, 0.29) is 4.90 Å². The molecule has 8 nitrogen and oxygen atoms in total. The van der Waals surface area contributed by atoms with Crippen LogP contribution in [0.1, 0.15) is 5.82 Å². The number of nitrogens with two attached hydrogens (primary N) is 1. The van der Waals surface area contributed by atoms with Gasteiger partial charge in [-0.2, -0.15) is 4.98 Å². The summed E-state index contributed by atoms with van der Waals surface area (Å²) in [6.45, 7) is 1.91. The molecule has 3 N–H and O–H groups in total. The van der Waals surface area contributed by atoms with Crippen molar-refractivity contribution in [2.75, 3.05) is 5.32 Å². The van der Waals surface area contributed by atoms with Crippen molar-refractivity contribution in [2.45, 2.75) is 11.8 Å². The van der Waals surface area contributed by atoms with Crippen molar-refractivity contribution in [3.63, 3.8) is 0 Å². The fourth-order valence-electron chi connectivity index (χ4n) is 2.85. The van der Waals surface area contributed by atoms with Crippen LogP contribution in [0.15, 0.2) is 65.7 Å². The molecule has 0 bridgehead atoms. The van der Waals surface area contributed by atoms with Gasteiger partial charge in [-0.1, -0.05) is 18.2 Å². The van der Waals surface area contributed by atoms with Crippen molar-refractivity contribution >= 4 is 32.7 Å². The number of primary sulfonamides is 1. The van der Waals surface area contributed by atoms with Gasteiger partial charge in [-0.15, -0.1) is 0 Å². The SMILES string of the molecule is Cc1nc2ccccc2n1-c1ccnc(Nc2cccc(S(N)(=O)=O)c2)n1. The highest BCUT2D eigenvalue weighted by Crippen LogP contribution is 2.22. The summed E-state index contributed by atoms with van der Waals surface area (Å²) in [4.78, 5) is 13.3. The van der Waals surface area contributed by atoms with E-state index in [4.69, 9.17) is 5.14 Å². The average molecular weight is 380 g/mol. The molecule has 2 aromatic carbocycles. The predicted molar refractivity (Wildman–Crippen MR) is 102 cm³/mol. The molecule has 0 aliphatic carbocycles. The van der Waals surface area contributed by atoms with Gasteiger partial charge in [0.15, 0.2) is 0 Å². The first kappa shape index (κ1) is 17.1. The van der Waals surface area contributed by atoms with Crippen molar-refractivity contribution in [2.24, 2.45) is 5.14 Å². The van der Waals surface area contributed by atoms with Gasteiger partial charge in [0.2, 0.25) is 16.0 Å². The van der Waals surface area contributed by atoms with Crippen LogP contribution in [0.5, 0.6) is 0 Å². The molecule has 9 heteroatoms. The van der Waals surface area contributed by atoms with Gasteiger partial charge in [-0.3, -0.25) is 4.57 Å². The number of imidazole rings is 1. The lowest BCUT2D eigenvalue weighted by molar-refractivity contribution is 0.598. The number of nitrogens with zero attached hydrogens (tertiary/aromatic N) is 4. The molecule has 4 rings (SSSR count). The third-order valence-electron chi connectivity index (χ3n) is 4.02. The smallest absolute Gasteiger partial charge is 0.238 e. The summed E-state index contributed by atoms with van der Waals surface area (Å²) in [5.41, 5.74) is 2.34. The van der Waals surface area contributed by atoms with Crippen molar-refractivity contribution in [3.8, 4) is 5.82 Å².